The van der Waals surface area contributed by atoms with E-state index in [4.69, 9.17) is 4.74 Å². The van der Waals surface area contributed by atoms with Gasteiger partial charge in [-0.3, -0.25) is 4.68 Å². The van der Waals surface area contributed by atoms with Crippen LogP contribution >= 0.6 is 0 Å². The van der Waals surface area contributed by atoms with Gasteiger partial charge >= 0.3 is 6.03 Å². The van der Waals surface area contributed by atoms with E-state index in [0.717, 1.165) is 34.6 Å². The summed E-state index contributed by atoms with van der Waals surface area (Å²) in [4.78, 5) is 12.4. The number of rotatable bonds is 6. The Kier molecular flexibility index (Phi) is 5.71. The Bertz CT molecular complexity index is 762. The normalized spacial score (nSPS) is 12.1. The molecule has 0 saturated heterocycles. The van der Waals surface area contributed by atoms with E-state index in [0.29, 0.717) is 12.4 Å². The topological polar surface area (TPSA) is 86.0 Å². The van der Waals surface area contributed by atoms with Gasteiger partial charge in [0.1, 0.15) is 0 Å². The number of urea groups is 1. The second kappa shape index (κ2) is 7.58. The molecule has 138 valence electrons. The third kappa shape index (κ3) is 3.78. The van der Waals surface area contributed by atoms with Gasteiger partial charge in [-0.1, -0.05) is 6.92 Å². The molecule has 2 heterocycles. The Labute approximate surface area is 148 Å². The average Bonchev–Trinajstić information content (AvgIpc) is 2.97. The predicted molar refractivity (Wildman–Crippen MR) is 95.6 cm³/mol. The van der Waals surface area contributed by atoms with Crippen molar-refractivity contribution in [2.75, 3.05) is 7.11 Å². The smallest absolute Gasteiger partial charge is 0.315 e. The first-order chi connectivity index (χ1) is 11.8. The average molecular weight is 348 g/mol. The van der Waals surface area contributed by atoms with E-state index in [9.17, 15) is 4.79 Å². The number of carbonyl (C=O) groups is 1. The van der Waals surface area contributed by atoms with Crippen LogP contribution in [-0.4, -0.2) is 32.7 Å². The summed E-state index contributed by atoms with van der Waals surface area (Å²) in [5.74, 6) is 0.656. The van der Waals surface area contributed by atoms with Crippen molar-refractivity contribution in [1.29, 1.82) is 0 Å². The van der Waals surface area contributed by atoms with Crippen LogP contribution in [0.4, 0.5) is 4.79 Å². The van der Waals surface area contributed by atoms with Crippen molar-refractivity contribution in [2.45, 2.75) is 46.7 Å². The predicted octanol–water partition coefficient (Wildman–Crippen LogP) is 2.04. The summed E-state index contributed by atoms with van der Waals surface area (Å²) in [6, 6.07) is -0.301. The highest BCUT2D eigenvalue weighted by atomic mass is 16.5. The lowest BCUT2D eigenvalue weighted by molar-refractivity contribution is 0.236. The number of carbonyl (C=O) groups excluding carboxylic acids is 1. The van der Waals surface area contributed by atoms with Crippen LogP contribution in [0.15, 0.2) is 0 Å². The molecule has 0 fully saturated rings. The summed E-state index contributed by atoms with van der Waals surface area (Å²) >= 11 is 0. The van der Waals surface area contributed by atoms with Crippen LogP contribution in [0.25, 0.3) is 0 Å². The molecule has 0 aliphatic carbocycles. The van der Waals surface area contributed by atoms with Gasteiger partial charge in [0, 0.05) is 25.4 Å². The minimum atomic E-state index is -0.222. The second-order valence-corrected chi connectivity index (χ2v) is 6.19. The number of aryl methyl sites for hydroxylation is 4. The summed E-state index contributed by atoms with van der Waals surface area (Å²) in [5, 5.41) is 14.7. The molecule has 0 spiro atoms. The Morgan fingerprint density at radius 2 is 1.80 bits per heavy atom. The van der Waals surface area contributed by atoms with Gasteiger partial charge in [-0.05, 0) is 27.2 Å². The first-order valence-corrected chi connectivity index (χ1v) is 8.41. The van der Waals surface area contributed by atoms with Gasteiger partial charge < -0.3 is 15.4 Å². The lowest BCUT2D eigenvalue weighted by Crippen LogP contribution is -2.37. The van der Waals surface area contributed by atoms with Gasteiger partial charge in [0.05, 0.1) is 36.6 Å². The molecule has 0 unspecified atom stereocenters. The monoisotopic (exact) mass is 348 g/mol. The lowest BCUT2D eigenvalue weighted by Gasteiger charge is -2.18. The number of nitrogens with one attached hydrogen (secondary N) is 2. The second-order valence-electron chi connectivity index (χ2n) is 6.19. The van der Waals surface area contributed by atoms with Crippen molar-refractivity contribution in [3.05, 3.63) is 28.2 Å². The first-order valence-electron chi connectivity index (χ1n) is 8.41. The molecule has 0 saturated carbocycles. The van der Waals surface area contributed by atoms with E-state index in [1.807, 2.05) is 46.5 Å². The van der Waals surface area contributed by atoms with Crippen LogP contribution in [0.5, 0.6) is 5.88 Å². The minimum absolute atomic E-state index is 0.0782. The third-order valence-corrected chi connectivity index (χ3v) is 4.53. The van der Waals surface area contributed by atoms with E-state index in [1.165, 1.54) is 0 Å². The highest BCUT2D eigenvalue weighted by Gasteiger charge is 2.21. The maximum absolute atomic E-state index is 12.4. The summed E-state index contributed by atoms with van der Waals surface area (Å²) in [7, 11) is 5.33. The molecule has 2 aromatic rings. The Hall–Kier alpha value is -2.51. The first kappa shape index (κ1) is 18.8. The SMILES string of the molecule is CC[C@H](NC(=O)NCc1c(C)nn(C)c1OC)c1c(C)nn(C)c1C. The number of hydrogen-bond acceptors (Lipinski definition) is 4. The van der Waals surface area contributed by atoms with Crippen molar-refractivity contribution in [3.63, 3.8) is 0 Å². The molecule has 2 rings (SSSR count). The molecule has 0 aliphatic rings. The molecular weight excluding hydrogens is 320 g/mol. The molecule has 0 aromatic carbocycles. The van der Waals surface area contributed by atoms with Gasteiger partial charge in [-0.2, -0.15) is 10.2 Å². The highest BCUT2D eigenvalue weighted by Crippen LogP contribution is 2.24. The Balaban J connectivity index is 2.06. The van der Waals surface area contributed by atoms with Crippen LogP contribution in [0.2, 0.25) is 0 Å². The number of ether oxygens (including phenoxy) is 1. The van der Waals surface area contributed by atoms with E-state index in [-0.39, 0.29) is 12.1 Å². The van der Waals surface area contributed by atoms with Crippen molar-refractivity contribution in [1.82, 2.24) is 30.2 Å². The minimum Gasteiger partial charge on any atom is -0.481 e. The van der Waals surface area contributed by atoms with E-state index in [1.54, 1.807) is 11.8 Å². The fourth-order valence-electron chi connectivity index (χ4n) is 3.19. The number of hydrogen-bond donors (Lipinski definition) is 2. The quantitative estimate of drug-likeness (QED) is 0.836. The van der Waals surface area contributed by atoms with Crippen molar-refractivity contribution < 1.29 is 9.53 Å². The molecular formula is C17H28N6O2. The summed E-state index contributed by atoms with van der Waals surface area (Å²) in [6.45, 7) is 8.28. The number of nitrogens with zero attached hydrogens (tertiary/aromatic N) is 4. The van der Waals surface area contributed by atoms with Crippen molar-refractivity contribution >= 4 is 6.03 Å². The van der Waals surface area contributed by atoms with Gasteiger partial charge in [-0.15, -0.1) is 0 Å². The molecule has 8 heteroatoms. The molecule has 8 nitrogen and oxygen atoms in total. The van der Waals surface area contributed by atoms with Crippen LogP contribution < -0.4 is 15.4 Å². The molecule has 25 heavy (non-hydrogen) atoms. The highest BCUT2D eigenvalue weighted by molar-refractivity contribution is 5.74. The molecule has 2 amide bonds. The van der Waals surface area contributed by atoms with Gasteiger partial charge in [0.15, 0.2) is 0 Å². The molecule has 0 radical (unpaired) electrons. The van der Waals surface area contributed by atoms with Crippen LogP contribution in [0.1, 0.15) is 47.6 Å². The molecule has 0 aliphatic heterocycles. The fraction of sp³-hybridized carbons (Fsp3) is 0.588. The standard InChI is InChI=1S/C17H28N6O2/c1-8-14(15-11(3)21-22(5)12(15)4)19-17(24)18-9-13-10(2)20-23(6)16(13)25-7/h14H,8-9H2,1-7H3,(H2,18,19,24)/t14-/m0/s1. The number of methoxy groups -OCH3 is 1. The largest absolute Gasteiger partial charge is 0.481 e. The molecule has 2 aromatic heterocycles. The Morgan fingerprint density at radius 3 is 2.32 bits per heavy atom. The summed E-state index contributed by atoms with van der Waals surface area (Å²) in [5.41, 5.74) is 4.80. The zero-order valence-electron chi connectivity index (χ0n) is 16.1. The van der Waals surface area contributed by atoms with E-state index >= 15 is 0 Å². The zero-order chi connectivity index (χ0) is 18.7. The van der Waals surface area contributed by atoms with Gasteiger partial charge in [-0.25, -0.2) is 9.48 Å². The number of aromatic nitrogens is 4. The van der Waals surface area contributed by atoms with Gasteiger partial charge in [0.25, 0.3) is 0 Å². The van der Waals surface area contributed by atoms with E-state index in [2.05, 4.69) is 20.8 Å². The third-order valence-electron chi connectivity index (χ3n) is 4.53. The molecule has 2 N–H and O–H groups in total. The van der Waals surface area contributed by atoms with Gasteiger partial charge in [0.2, 0.25) is 5.88 Å². The summed E-state index contributed by atoms with van der Waals surface area (Å²) in [6.07, 6.45) is 0.788. The maximum atomic E-state index is 12.4. The lowest BCUT2D eigenvalue weighted by atomic mass is 10.0. The number of amides is 2. The van der Waals surface area contributed by atoms with Crippen LogP contribution in [0, 0.1) is 20.8 Å². The summed E-state index contributed by atoms with van der Waals surface area (Å²) < 4.78 is 8.86. The van der Waals surface area contributed by atoms with Crippen LogP contribution in [-0.2, 0) is 20.6 Å². The zero-order valence-corrected chi connectivity index (χ0v) is 16.1. The molecule has 1 atom stereocenters. The van der Waals surface area contributed by atoms with Crippen molar-refractivity contribution in [2.24, 2.45) is 14.1 Å². The molecule has 0 bridgehead atoms. The van der Waals surface area contributed by atoms with Crippen molar-refractivity contribution in [3.8, 4) is 5.88 Å². The van der Waals surface area contributed by atoms with E-state index < -0.39 is 0 Å². The van der Waals surface area contributed by atoms with Crippen LogP contribution in [0.3, 0.4) is 0 Å². The Morgan fingerprint density at radius 1 is 1.16 bits per heavy atom. The fourth-order valence-corrected chi connectivity index (χ4v) is 3.19. The maximum Gasteiger partial charge on any atom is 0.315 e.